The van der Waals surface area contributed by atoms with Crippen molar-refractivity contribution < 1.29 is 18.4 Å². The van der Waals surface area contributed by atoms with E-state index in [1.807, 2.05) is 0 Å². The SMILES string of the molecule is O=C(c1ccco1)N1CCN(C(=O)c2cc(Cc3c[nH]c(=O)c4cc(Cl)c(Cl)n34)ccc2F)CC1. The van der Waals surface area contributed by atoms with Crippen LogP contribution in [0.2, 0.25) is 10.2 Å². The molecular weight excluding hydrogens is 498 g/mol. The number of amides is 2. The largest absolute Gasteiger partial charge is 0.459 e. The predicted octanol–water partition coefficient (Wildman–Crippen LogP) is 3.86. The summed E-state index contributed by atoms with van der Waals surface area (Å²) in [6.07, 6.45) is 3.21. The number of aromatic amines is 1. The van der Waals surface area contributed by atoms with E-state index in [-0.39, 0.29) is 58.0 Å². The number of carbonyl (C=O) groups excluding carboxylic acids is 2. The average molecular weight is 517 g/mol. The first-order valence-electron chi connectivity index (χ1n) is 10.8. The smallest absolute Gasteiger partial charge is 0.289 e. The lowest BCUT2D eigenvalue weighted by Gasteiger charge is -2.34. The predicted molar refractivity (Wildman–Crippen MR) is 128 cm³/mol. The van der Waals surface area contributed by atoms with Gasteiger partial charge in [0.1, 0.15) is 16.5 Å². The third-order valence-electron chi connectivity index (χ3n) is 6.02. The number of nitrogens with one attached hydrogen (secondary N) is 1. The number of H-pyrrole nitrogens is 1. The third-order valence-corrected chi connectivity index (χ3v) is 6.78. The summed E-state index contributed by atoms with van der Waals surface area (Å²) in [5, 5.41) is 0.437. The zero-order valence-corrected chi connectivity index (χ0v) is 19.8. The minimum absolute atomic E-state index is 0.0642. The average Bonchev–Trinajstić information content (AvgIpc) is 3.51. The number of benzene rings is 1. The molecule has 1 saturated heterocycles. The van der Waals surface area contributed by atoms with Crippen LogP contribution in [-0.4, -0.2) is 57.2 Å². The summed E-state index contributed by atoms with van der Waals surface area (Å²) < 4.78 is 21.3. The highest BCUT2D eigenvalue weighted by Crippen LogP contribution is 2.27. The quantitative estimate of drug-likeness (QED) is 0.445. The van der Waals surface area contributed by atoms with Crippen molar-refractivity contribution >= 4 is 40.5 Å². The number of halogens is 3. The Bertz CT molecular complexity index is 1490. The van der Waals surface area contributed by atoms with Gasteiger partial charge in [0.25, 0.3) is 17.4 Å². The Labute approximate surface area is 208 Å². The maximum absolute atomic E-state index is 14.7. The van der Waals surface area contributed by atoms with Crippen LogP contribution in [0.4, 0.5) is 4.39 Å². The number of rotatable bonds is 4. The molecule has 0 atom stereocenters. The standard InChI is InChI=1S/C24H19Cl2FN4O4/c25-17-12-19-22(32)28-13-15(31(19)21(17)26)10-14-3-4-18(27)16(11-14)23(33)29-5-7-30(8-6-29)24(34)20-2-1-9-35-20/h1-4,9,11-13H,5-8,10H2,(H,28,32). The van der Waals surface area contributed by atoms with Gasteiger partial charge in [-0.25, -0.2) is 4.39 Å². The molecule has 5 rings (SSSR count). The van der Waals surface area contributed by atoms with Crippen LogP contribution in [0.1, 0.15) is 32.2 Å². The fraction of sp³-hybridized carbons (Fsp3) is 0.208. The molecule has 1 N–H and O–H groups in total. The van der Waals surface area contributed by atoms with Crippen molar-refractivity contribution in [1.82, 2.24) is 19.2 Å². The van der Waals surface area contributed by atoms with E-state index in [1.54, 1.807) is 23.1 Å². The molecule has 8 nitrogen and oxygen atoms in total. The molecule has 1 aliphatic heterocycles. The van der Waals surface area contributed by atoms with E-state index in [0.717, 1.165) is 0 Å². The van der Waals surface area contributed by atoms with Gasteiger partial charge in [-0.15, -0.1) is 0 Å². The minimum atomic E-state index is -0.638. The van der Waals surface area contributed by atoms with Gasteiger partial charge in [-0.1, -0.05) is 29.3 Å². The van der Waals surface area contributed by atoms with Crippen molar-refractivity contribution in [3.05, 3.63) is 97.8 Å². The van der Waals surface area contributed by atoms with Gasteiger partial charge in [0, 0.05) is 44.5 Å². The molecule has 1 fully saturated rings. The summed E-state index contributed by atoms with van der Waals surface area (Å²) in [7, 11) is 0. The maximum Gasteiger partial charge on any atom is 0.289 e. The molecule has 0 saturated carbocycles. The van der Waals surface area contributed by atoms with Crippen LogP contribution in [-0.2, 0) is 6.42 Å². The van der Waals surface area contributed by atoms with Gasteiger partial charge in [-0.2, -0.15) is 0 Å². The van der Waals surface area contributed by atoms with Gasteiger partial charge < -0.3 is 19.2 Å². The summed E-state index contributed by atoms with van der Waals surface area (Å²) in [4.78, 5) is 43.5. The van der Waals surface area contributed by atoms with E-state index in [0.29, 0.717) is 24.3 Å². The van der Waals surface area contributed by atoms with E-state index < -0.39 is 11.7 Å². The van der Waals surface area contributed by atoms with Crippen LogP contribution < -0.4 is 5.56 Å². The molecule has 0 spiro atoms. The normalized spacial score (nSPS) is 14.0. The molecule has 1 aromatic carbocycles. The van der Waals surface area contributed by atoms with Crippen LogP contribution >= 0.6 is 23.2 Å². The van der Waals surface area contributed by atoms with Gasteiger partial charge in [0.2, 0.25) is 0 Å². The van der Waals surface area contributed by atoms with E-state index in [4.69, 9.17) is 27.6 Å². The van der Waals surface area contributed by atoms with Crippen LogP contribution in [0, 0.1) is 5.82 Å². The zero-order chi connectivity index (χ0) is 24.7. The summed E-state index contributed by atoms with van der Waals surface area (Å²) in [6.45, 7) is 1.17. The van der Waals surface area contributed by atoms with E-state index >= 15 is 0 Å². The van der Waals surface area contributed by atoms with E-state index in [2.05, 4.69) is 4.98 Å². The van der Waals surface area contributed by atoms with E-state index in [9.17, 15) is 18.8 Å². The number of piperazine rings is 1. The second-order valence-corrected chi connectivity index (χ2v) is 8.93. The maximum atomic E-state index is 14.7. The summed E-state index contributed by atoms with van der Waals surface area (Å²) in [6, 6.07) is 9.01. The van der Waals surface area contributed by atoms with Crippen molar-refractivity contribution in [1.29, 1.82) is 0 Å². The van der Waals surface area contributed by atoms with Crippen molar-refractivity contribution in [2.24, 2.45) is 0 Å². The van der Waals surface area contributed by atoms with Crippen molar-refractivity contribution in [2.45, 2.75) is 6.42 Å². The van der Waals surface area contributed by atoms with Crippen LogP contribution in [0.3, 0.4) is 0 Å². The number of aromatic nitrogens is 2. The van der Waals surface area contributed by atoms with Crippen LogP contribution in [0.5, 0.6) is 0 Å². The Morgan fingerprint density at radius 3 is 2.43 bits per heavy atom. The molecule has 11 heteroatoms. The van der Waals surface area contributed by atoms with Gasteiger partial charge in [0.15, 0.2) is 5.76 Å². The lowest BCUT2D eigenvalue weighted by molar-refractivity contribution is 0.0515. The Hall–Kier alpha value is -3.56. The highest BCUT2D eigenvalue weighted by molar-refractivity contribution is 6.42. The molecule has 2 amide bonds. The number of hydrogen-bond acceptors (Lipinski definition) is 4. The zero-order valence-electron chi connectivity index (χ0n) is 18.3. The van der Waals surface area contributed by atoms with Gasteiger partial charge in [-0.3, -0.25) is 18.8 Å². The summed E-state index contributed by atoms with van der Waals surface area (Å²) >= 11 is 12.4. The van der Waals surface area contributed by atoms with Crippen molar-refractivity contribution in [3.8, 4) is 0 Å². The molecule has 35 heavy (non-hydrogen) atoms. The molecule has 0 bridgehead atoms. The first-order chi connectivity index (χ1) is 16.8. The summed E-state index contributed by atoms with van der Waals surface area (Å²) in [5.41, 5.74) is 1.15. The van der Waals surface area contributed by atoms with Gasteiger partial charge in [0.05, 0.1) is 16.8 Å². The Morgan fingerprint density at radius 1 is 1.03 bits per heavy atom. The fourth-order valence-electron chi connectivity index (χ4n) is 4.22. The number of hydrogen-bond donors (Lipinski definition) is 1. The first-order valence-corrected chi connectivity index (χ1v) is 11.6. The monoisotopic (exact) mass is 516 g/mol. The lowest BCUT2D eigenvalue weighted by Crippen LogP contribution is -2.50. The molecule has 0 aliphatic carbocycles. The number of fused-ring (bicyclic) bond motifs is 1. The molecule has 4 aromatic rings. The van der Waals surface area contributed by atoms with Crippen LogP contribution in [0.25, 0.3) is 5.52 Å². The molecular formula is C24H19Cl2FN4O4. The van der Waals surface area contributed by atoms with Gasteiger partial charge >= 0.3 is 0 Å². The summed E-state index contributed by atoms with van der Waals surface area (Å²) in [5.74, 6) is -1.10. The first kappa shape index (κ1) is 23.2. The molecule has 3 aromatic heterocycles. The fourth-order valence-corrected chi connectivity index (χ4v) is 4.66. The topological polar surface area (TPSA) is 91.0 Å². The van der Waals surface area contributed by atoms with Crippen molar-refractivity contribution in [3.63, 3.8) is 0 Å². The Morgan fingerprint density at radius 2 is 1.74 bits per heavy atom. The van der Waals surface area contributed by atoms with Crippen molar-refractivity contribution in [2.75, 3.05) is 26.2 Å². The molecule has 0 radical (unpaired) electrons. The lowest BCUT2D eigenvalue weighted by atomic mass is 10.0. The highest BCUT2D eigenvalue weighted by atomic mass is 35.5. The van der Waals surface area contributed by atoms with Gasteiger partial charge in [-0.05, 0) is 35.9 Å². The van der Waals surface area contributed by atoms with E-state index in [1.165, 1.54) is 40.0 Å². The Kier molecular flexibility index (Phi) is 6.12. The minimum Gasteiger partial charge on any atom is -0.459 e. The number of carbonyl (C=O) groups is 2. The molecule has 0 unspecified atom stereocenters. The second-order valence-electron chi connectivity index (χ2n) is 8.17. The third kappa shape index (κ3) is 4.33. The molecule has 1 aliphatic rings. The number of nitrogens with zero attached hydrogens (tertiary/aromatic N) is 3. The highest BCUT2D eigenvalue weighted by Gasteiger charge is 2.28. The second kappa shape index (κ2) is 9.24. The molecule has 180 valence electrons. The molecule has 4 heterocycles. The number of furan rings is 1. The Balaban J connectivity index is 1.34. The van der Waals surface area contributed by atoms with Crippen LogP contribution in [0.15, 0.2) is 58.1 Å².